The number of pyridine rings is 1. The van der Waals surface area contributed by atoms with E-state index in [1.165, 1.54) is 18.3 Å². The molecule has 7 heteroatoms. The average Bonchev–Trinajstić information content (AvgIpc) is 2.53. The van der Waals surface area contributed by atoms with Gasteiger partial charge in [-0.25, -0.2) is 12.8 Å². The Morgan fingerprint density at radius 1 is 1.23 bits per heavy atom. The number of carbonyl (C=O) groups is 1. The molecular weight excluding hydrogens is 307 g/mol. The number of sulfone groups is 1. The summed E-state index contributed by atoms with van der Waals surface area (Å²) < 4.78 is 36.3. The highest BCUT2D eigenvalue weighted by Crippen LogP contribution is 2.12. The van der Waals surface area contributed by atoms with Crippen LogP contribution in [-0.2, 0) is 16.4 Å². The largest absolute Gasteiger partial charge is 0.348 e. The molecular formula is C15H15FN2O3S. The van der Waals surface area contributed by atoms with E-state index >= 15 is 0 Å². The number of aromatic nitrogens is 1. The third-order valence-corrected chi connectivity index (χ3v) is 4.83. The lowest BCUT2D eigenvalue weighted by Gasteiger charge is -2.06. The summed E-state index contributed by atoms with van der Waals surface area (Å²) in [6.07, 6.45) is 2.29. The maximum absolute atomic E-state index is 13.0. The number of hydrogen-bond acceptors (Lipinski definition) is 4. The van der Waals surface area contributed by atoms with Crippen molar-refractivity contribution in [2.45, 2.75) is 18.4 Å². The lowest BCUT2D eigenvalue weighted by Crippen LogP contribution is -2.23. The lowest BCUT2D eigenvalue weighted by molar-refractivity contribution is 0.0950. The summed E-state index contributed by atoms with van der Waals surface area (Å²) in [5.41, 5.74) is 0.873. The zero-order chi connectivity index (χ0) is 16.2. The van der Waals surface area contributed by atoms with Gasteiger partial charge in [0.25, 0.3) is 5.91 Å². The Morgan fingerprint density at radius 3 is 2.50 bits per heavy atom. The second-order valence-electron chi connectivity index (χ2n) is 4.62. The van der Waals surface area contributed by atoms with Gasteiger partial charge in [0, 0.05) is 12.7 Å². The van der Waals surface area contributed by atoms with Crippen LogP contribution < -0.4 is 5.32 Å². The van der Waals surface area contributed by atoms with Crippen LogP contribution in [0, 0.1) is 5.82 Å². The quantitative estimate of drug-likeness (QED) is 0.913. The fourth-order valence-electron chi connectivity index (χ4n) is 1.80. The Morgan fingerprint density at radius 2 is 1.91 bits per heavy atom. The highest BCUT2D eigenvalue weighted by atomic mass is 32.2. The van der Waals surface area contributed by atoms with E-state index in [1.807, 2.05) is 0 Å². The van der Waals surface area contributed by atoms with Crippen molar-refractivity contribution in [2.75, 3.05) is 5.75 Å². The molecule has 1 aromatic carbocycles. The van der Waals surface area contributed by atoms with Gasteiger partial charge in [-0.3, -0.25) is 9.78 Å². The van der Waals surface area contributed by atoms with Crippen LogP contribution in [0.1, 0.15) is 22.8 Å². The number of halogens is 1. The van der Waals surface area contributed by atoms with Crippen molar-refractivity contribution in [1.82, 2.24) is 10.3 Å². The smallest absolute Gasteiger partial charge is 0.253 e. The first kappa shape index (κ1) is 16.1. The number of rotatable bonds is 5. The summed E-state index contributed by atoms with van der Waals surface area (Å²) in [5, 5.41) is 2.62. The number of benzene rings is 1. The molecule has 1 heterocycles. The minimum Gasteiger partial charge on any atom is -0.348 e. The second-order valence-corrected chi connectivity index (χ2v) is 6.90. The summed E-state index contributed by atoms with van der Waals surface area (Å²) in [4.78, 5) is 15.7. The topological polar surface area (TPSA) is 76.1 Å². The van der Waals surface area contributed by atoms with Gasteiger partial charge in [0.1, 0.15) is 5.82 Å². The molecule has 22 heavy (non-hydrogen) atoms. The van der Waals surface area contributed by atoms with Gasteiger partial charge in [0.15, 0.2) is 9.84 Å². The van der Waals surface area contributed by atoms with Gasteiger partial charge in [-0.05, 0) is 23.8 Å². The Hall–Kier alpha value is -2.28. The molecule has 0 radical (unpaired) electrons. The third-order valence-electron chi connectivity index (χ3n) is 3.08. The maximum Gasteiger partial charge on any atom is 0.253 e. The average molecular weight is 322 g/mol. The number of nitrogens with one attached hydrogen (secondary N) is 1. The zero-order valence-electron chi connectivity index (χ0n) is 11.9. The first-order chi connectivity index (χ1) is 10.4. The normalized spacial score (nSPS) is 11.2. The van der Waals surface area contributed by atoms with Gasteiger partial charge in [0.2, 0.25) is 0 Å². The first-order valence-corrected chi connectivity index (χ1v) is 8.28. The highest BCUT2D eigenvalue weighted by Gasteiger charge is 2.11. The molecule has 0 atom stereocenters. The number of hydrogen-bond donors (Lipinski definition) is 1. The van der Waals surface area contributed by atoms with Gasteiger partial charge >= 0.3 is 0 Å². The van der Waals surface area contributed by atoms with E-state index in [1.54, 1.807) is 19.1 Å². The Balaban J connectivity index is 2.02. The van der Waals surface area contributed by atoms with Gasteiger partial charge in [-0.2, -0.15) is 0 Å². The van der Waals surface area contributed by atoms with E-state index in [0.29, 0.717) is 0 Å². The summed E-state index contributed by atoms with van der Waals surface area (Å²) in [6, 6.07) is 7.37. The second kappa shape index (κ2) is 6.65. The molecule has 2 aromatic rings. The molecule has 0 aliphatic carbocycles. The van der Waals surface area contributed by atoms with Gasteiger partial charge in [0.05, 0.1) is 22.4 Å². The van der Waals surface area contributed by atoms with Gasteiger partial charge in [-0.1, -0.05) is 19.1 Å². The maximum atomic E-state index is 13.0. The first-order valence-electron chi connectivity index (χ1n) is 6.63. The van der Waals surface area contributed by atoms with Crippen LogP contribution in [-0.4, -0.2) is 25.1 Å². The van der Waals surface area contributed by atoms with E-state index in [4.69, 9.17) is 0 Å². The van der Waals surface area contributed by atoms with Crippen LogP contribution in [0.2, 0.25) is 0 Å². The minimum absolute atomic E-state index is 0.0374. The van der Waals surface area contributed by atoms with Gasteiger partial charge < -0.3 is 5.32 Å². The molecule has 0 aliphatic rings. The SMILES string of the molecule is CCS(=O)(=O)c1ccc(CNC(=O)c2cncc(F)c2)cc1. The molecule has 2 rings (SSSR count). The third kappa shape index (κ3) is 3.88. The predicted octanol–water partition coefficient (Wildman–Crippen LogP) is 1.94. The van der Waals surface area contributed by atoms with Gasteiger partial charge in [-0.15, -0.1) is 0 Å². The number of carbonyl (C=O) groups excluding carboxylic acids is 1. The van der Waals surface area contributed by atoms with E-state index in [9.17, 15) is 17.6 Å². The van der Waals surface area contributed by atoms with Crippen LogP contribution >= 0.6 is 0 Å². The van der Waals surface area contributed by atoms with Crippen molar-refractivity contribution >= 4 is 15.7 Å². The highest BCUT2D eigenvalue weighted by molar-refractivity contribution is 7.91. The molecule has 0 saturated carbocycles. The Bertz CT molecular complexity index is 774. The molecule has 0 bridgehead atoms. The summed E-state index contributed by atoms with van der Waals surface area (Å²) in [5.74, 6) is -0.991. The van der Waals surface area contributed by atoms with Crippen molar-refractivity contribution in [3.63, 3.8) is 0 Å². The van der Waals surface area contributed by atoms with Crippen LogP contribution in [0.25, 0.3) is 0 Å². The fourth-order valence-corrected chi connectivity index (χ4v) is 2.69. The van der Waals surface area contributed by atoms with E-state index in [0.717, 1.165) is 17.8 Å². The van der Waals surface area contributed by atoms with E-state index in [-0.39, 0.29) is 22.8 Å². The van der Waals surface area contributed by atoms with E-state index < -0.39 is 21.6 Å². The molecule has 0 aliphatic heterocycles. The van der Waals surface area contributed by atoms with Crippen LogP contribution in [0.5, 0.6) is 0 Å². The molecule has 0 fully saturated rings. The summed E-state index contributed by atoms with van der Waals surface area (Å²) >= 11 is 0. The van der Waals surface area contributed by atoms with Crippen LogP contribution in [0.15, 0.2) is 47.6 Å². The molecule has 5 nitrogen and oxygen atoms in total. The fraction of sp³-hybridized carbons (Fsp3) is 0.200. The Kier molecular flexibility index (Phi) is 4.87. The van der Waals surface area contributed by atoms with Crippen molar-refractivity contribution < 1.29 is 17.6 Å². The van der Waals surface area contributed by atoms with Crippen molar-refractivity contribution in [3.8, 4) is 0 Å². The lowest BCUT2D eigenvalue weighted by atomic mass is 10.2. The van der Waals surface area contributed by atoms with Crippen LogP contribution in [0.3, 0.4) is 0 Å². The molecule has 1 N–H and O–H groups in total. The van der Waals surface area contributed by atoms with E-state index in [2.05, 4.69) is 10.3 Å². The van der Waals surface area contributed by atoms with Crippen molar-refractivity contribution in [2.24, 2.45) is 0 Å². The zero-order valence-corrected chi connectivity index (χ0v) is 12.7. The molecule has 0 unspecified atom stereocenters. The molecule has 1 aromatic heterocycles. The molecule has 116 valence electrons. The molecule has 0 saturated heterocycles. The minimum atomic E-state index is -3.23. The van der Waals surface area contributed by atoms with Crippen molar-refractivity contribution in [1.29, 1.82) is 0 Å². The van der Waals surface area contributed by atoms with Crippen LogP contribution in [0.4, 0.5) is 4.39 Å². The monoisotopic (exact) mass is 322 g/mol. The summed E-state index contributed by atoms with van der Waals surface area (Å²) in [7, 11) is -3.23. The number of nitrogens with zero attached hydrogens (tertiary/aromatic N) is 1. The molecule has 0 spiro atoms. The Labute approximate surface area is 128 Å². The predicted molar refractivity (Wildman–Crippen MR) is 79.5 cm³/mol. The standard InChI is InChI=1S/C15H15FN2O3S/c1-2-22(20,21)14-5-3-11(4-6-14)8-18-15(19)12-7-13(16)10-17-9-12/h3-7,9-10H,2,8H2,1H3,(H,18,19). The van der Waals surface area contributed by atoms with Crippen molar-refractivity contribution in [3.05, 3.63) is 59.7 Å². The summed E-state index contributed by atoms with van der Waals surface area (Å²) in [6.45, 7) is 1.79. The number of amides is 1. The molecule has 1 amide bonds.